The topological polar surface area (TPSA) is 91.8 Å². The highest BCUT2D eigenvalue weighted by atomic mass is 35.5. The van der Waals surface area contributed by atoms with Crippen molar-refractivity contribution in [3.8, 4) is 6.07 Å². The third kappa shape index (κ3) is 2.71. The molecule has 2 rings (SSSR count). The van der Waals surface area contributed by atoms with Crippen molar-refractivity contribution in [2.24, 2.45) is 0 Å². The summed E-state index contributed by atoms with van der Waals surface area (Å²) in [4.78, 5) is 15.9. The SMILES string of the molecule is Cc1cccc(NC(=O)c2cnc(N)c(Cl)c2)c1C#N. The first-order chi connectivity index (χ1) is 9.52. The first-order valence-electron chi connectivity index (χ1n) is 5.75. The van der Waals surface area contributed by atoms with Gasteiger partial charge < -0.3 is 11.1 Å². The van der Waals surface area contributed by atoms with Crippen LogP contribution in [0.5, 0.6) is 0 Å². The third-order valence-corrected chi connectivity index (χ3v) is 3.07. The lowest BCUT2D eigenvalue weighted by Gasteiger charge is -2.09. The fraction of sp³-hybridized carbons (Fsp3) is 0.0714. The molecule has 1 aromatic carbocycles. The molecule has 5 nitrogen and oxygen atoms in total. The summed E-state index contributed by atoms with van der Waals surface area (Å²) in [5.41, 5.74) is 7.43. The number of nitrogens with one attached hydrogen (secondary N) is 1. The number of nitrogens with two attached hydrogens (primary N) is 1. The number of aromatic nitrogens is 1. The molecule has 0 atom stereocenters. The molecule has 0 aliphatic carbocycles. The first kappa shape index (κ1) is 13.8. The van der Waals surface area contributed by atoms with E-state index in [0.29, 0.717) is 11.3 Å². The van der Waals surface area contributed by atoms with Crippen LogP contribution in [-0.2, 0) is 0 Å². The van der Waals surface area contributed by atoms with E-state index in [1.165, 1.54) is 12.3 Å². The van der Waals surface area contributed by atoms with Crippen LogP contribution in [0.4, 0.5) is 11.5 Å². The molecule has 1 heterocycles. The maximum Gasteiger partial charge on any atom is 0.257 e. The lowest BCUT2D eigenvalue weighted by molar-refractivity contribution is 0.102. The van der Waals surface area contributed by atoms with Gasteiger partial charge in [-0.1, -0.05) is 23.7 Å². The molecule has 0 aliphatic rings. The molecule has 0 radical (unpaired) electrons. The molecule has 0 saturated carbocycles. The lowest BCUT2D eigenvalue weighted by Crippen LogP contribution is -2.14. The minimum atomic E-state index is -0.401. The number of rotatable bonds is 2. The normalized spacial score (nSPS) is 9.85. The number of nitrogens with zero attached hydrogens (tertiary/aromatic N) is 2. The van der Waals surface area contributed by atoms with E-state index in [4.69, 9.17) is 22.6 Å². The minimum Gasteiger partial charge on any atom is -0.382 e. The van der Waals surface area contributed by atoms with E-state index in [9.17, 15) is 4.79 Å². The molecule has 0 unspecified atom stereocenters. The number of anilines is 2. The molecular weight excluding hydrogens is 276 g/mol. The fourth-order valence-electron chi connectivity index (χ4n) is 1.69. The van der Waals surface area contributed by atoms with Gasteiger partial charge in [0.1, 0.15) is 11.9 Å². The second-order valence-corrected chi connectivity index (χ2v) is 4.56. The number of carbonyl (C=O) groups excluding carboxylic acids is 1. The van der Waals surface area contributed by atoms with Gasteiger partial charge in [-0.25, -0.2) is 4.98 Å². The number of nitriles is 1. The van der Waals surface area contributed by atoms with Crippen LogP contribution >= 0.6 is 11.6 Å². The number of halogens is 1. The van der Waals surface area contributed by atoms with Crippen LogP contribution in [0.15, 0.2) is 30.5 Å². The Morgan fingerprint density at radius 3 is 2.90 bits per heavy atom. The van der Waals surface area contributed by atoms with Crippen LogP contribution in [-0.4, -0.2) is 10.9 Å². The number of pyridine rings is 1. The highest BCUT2D eigenvalue weighted by molar-refractivity contribution is 6.33. The van der Waals surface area contributed by atoms with E-state index in [1.807, 2.05) is 0 Å². The molecule has 1 aromatic heterocycles. The lowest BCUT2D eigenvalue weighted by atomic mass is 10.1. The summed E-state index contributed by atoms with van der Waals surface area (Å²) in [5.74, 6) is -0.238. The highest BCUT2D eigenvalue weighted by Crippen LogP contribution is 2.21. The van der Waals surface area contributed by atoms with Gasteiger partial charge in [0.05, 0.1) is 21.8 Å². The number of benzene rings is 1. The summed E-state index contributed by atoms with van der Waals surface area (Å²) in [6.07, 6.45) is 1.33. The largest absolute Gasteiger partial charge is 0.382 e. The van der Waals surface area contributed by atoms with Crippen LogP contribution in [0.25, 0.3) is 0 Å². The smallest absolute Gasteiger partial charge is 0.257 e. The van der Waals surface area contributed by atoms with E-state index in [-0.39, 0.29) is 16.4 Å². The van der Waals surface area contributed by atoms with Gasteiger partial charge in [0.2, 0.25) is 0 Å². The summed E-state index contributed by atoms with van der Waals surface area (Å²) >= 11 is 5.82. The number of hydrogen-bond acceptors (Lipinski definition) is 4. The number of hydrogen-bond donors (Lipinski definition) is 2. The fourth-order valence-corrected chi connectivity index (χ4v) is 1.85. The molecular formula is C14H11ClN4O. The Bertz CT molecular complexity index is 722. The minimum absolute atomic E-state index is 0.163. The summed E-state index contributed by atoms with van der Waals surface area (Å²) < 4.78 is 0. The Hall–Kier alpha value is -2.58. The Morgan fingerprint density at radius 2 is 2.25 bits per heavy atom. The van der Waals surface area contributed by atoms with Gasteiger partial charge in [0.25, 0.3) is 5.91 Å². The van der Waals surface area contributed by atoms with Gasteiger partial charge >= 0.3 is 0 Å². The standard InChI is InChI=1S/C14H11ClN4O/c1-8-3-2-4-12(10(8)6-16)19-14(20)9-5-11(15)13(17)18-7-9/h2-5,7H,1H3,(H2,17,18)(H,19,20). The molecule has 6 heteroatoms. The van der Waals surface area contributed by atoms with Crippen molar-refractivity contribution in [3.63, 3.8) is 0 Å². The van der Waals surface area contributed by atoms with Crippen molar-refractivity contribution >= 4 is 29.0 Å². The average Bonchev–Trinajstić information content (AvgIpc) is 2.42. The zero-order chi connectivity index (χ0) is 14.7. The van der Waals surface area contributed by atoms with E-state index >= 15 is 0 Å². The van der Waals surface area contributed by atoms with Crippen LogP contribution in [0, 0.1) is 18.3 Å². The maximum absolute atomic E-state index is 12.1. The molecule has 0 spiro atoms. The van der Waals surface area contributed by atoms with Gasteiger partial charge in [0, 0.05) is 6.20 Å². The third-order valence-electron chi connectivity index (χ3n) is 2.76. The number of amides is 1. The van der Waals surface area contributed by atoms with Crippen molar-refractivity contribution < 1.29 is 4.79 Å². The average molecular weight is 287 g/mol. The quantitative estimate of drug-likeness (QED) is 0.888. The predicted octanol–water partition coefficient (Wildman–Crippen LogP) is 2.75. The monoisotopic (exact) mass is 286 g/mol. The highest BCUT2D eigenvalue weighted by Gasteiger charge is 2.12. The van der Waals surface area contributed by atoms with Gasteiger partial charge in [0.15, 0.2) is 0 Å². The molecule has 0 fully saturated rings. The van der Waals surface area contributed by atoms with E-state index in [1.54, 1.807) is 25.1 Å². The summed E-state index contributed by atoms with van der Waals surface area (Å²) in [7, 11) is 0. The predicted molar refractivity (Wildman–Crippen MR) is 77.5 cm³/mol. The van der Waals surface area contributed by atoms with Crippen molar-refractivity contribution in [2.45, 2.75) is 6.92 Å². The van der Waals surface area contributed by atoms with Gasteiger partial charge in [-0.15, -0.1) is 0 Å². The van der Waals surface area contributed by atoms with Crippen LogP contribution in [0.1, 0.15) is 21.5 Å². The molecule has 0 saturated heterocycles. The molecule has 20 heavy (non-hydrogen) atoms. The molecule has 0 aliphatic heterocycles. The molecule has 100 valence electrons. The van der Waals surface area contributed by atoms with E-state index in [2.05, 4.69) is 16.4 Å². The van der Waals surface area contributed by atoms with E-state index < -0.39 is 5.91 Å². The van der Waals surface area contributed by atoms with Gasteiger partial charge in [-0.2, -0.15) is 5.26 Å². The maximum atomic E-state index is 12.1. The zero-order valence-electron chi connectivity index (χ0n) is 10.6. The Kier molecular flexibility index (Phi) is 3.87. The molecule has 0 bridgehead atoms. The Labute approximate surface area is 121 Å². The van der Waals surface area contributed by atoms with E-state index in [0.717, 1.165) is 5.56 Å². The van der Waals surface area contributed by atoms with Gasteiger partial charge in [-0.05, 0) is 24.6 Å². The first-order valence-corrected chi connectivity index (χ1v) is 6.13. The summed E-state index contributed by atoms with van der Waals surface area (Å²) in [6.45, 7) is 1.80. The van der Waals surface area contributed by atoms with Crippen LogP contribution in [0.2, 0.25) is 5.02 Å². The number of carbonyl (C=O) groups is 1. The second-order valence-electron chi connectivity index (χ2n) is 4.15. The summed E-state index contributed by atoms with van der Waals surface area (Å²) in [5, 5.41) is 12.0. The molecule has 3 N–H and O–H groups in total. The summed E-state index contributed by atoms with van der Waals surface area (Å²) in [6, 6.07) is 8.72. The zero-order valence-corrected chi connectivity index (χ0v) is 11.4. The number of aryl methyl sites for hydroxylation is 1. The van der Waals surface area contributed by atoms with Gasteiger partial charge in [-0.3, -0.25) is 4.79 Å². The van der Waals surface area contributed by atoms with Crippen LogP contribution < -0.4 is 11.1 Å². The van der Waals surface area contributed by atoms with Crippen molar-refractivity contribution in [3.05, 3.63) is 52.2 Å². The second kappa shape index (κ2) is 5.59. The van der Waals surface area contributed by atoms with Crippen molar-refractivity contribution in [2.75, 3.05) is 11.1 Å². The number of nitrogen functional groups attached to an aromatic ring is 1. The molecule has 2 aromatic rings. The Balaban J connectivity index is 2.31. The Morgan fingerprint density at radius 1 is 1.50 bits per heavy atom. The van der Waals surface area contributed by atoms with Crippen molar-refractivity contribution in [1.82, 2.24) is 4.98 Å². The van der Waals surface area contributed by atoms with Crippen LogP contribution in [0.3, 0.4) is 0 Å². The molecule has 1 amide bonds. The van der Waals surface area contributed by atoms with Crippen molar-refractivity contribution in [1.29, 1.82) is 5.26 Å².